The van der Waals surface area contributed by atoms with Gasteiger partial charge in [-0.15, -0.1) is 0 Å². The van der Waals surface area contributed by atoms with Gasteiger partial charge in [0.1, 0.15) is 0 Å². The van der Waals surface area contributed by atoms with Crippen LogP contribution in [0.5, 0.6) is 0 Å². The molecule has 50 valence electrons. The van der Waals surface area contributed by atoms with Gasteiger partial charge in [0.05, 0.1) is 0 Å². The molecular weight excluding hydrogens is 132 g/mol. The molecule has 0 radical (unpaired) electrons. The summed E-state index contributed by atoms with van der Waals surface area (Å²) in [6.07, 6.45) is 1.16. The van der Waals surface area contributed by atoms with Crippen LogP contribution >= 0.6 is 0 Å². The van der Waals surface area contributed by atoms with E-state index < -0.39 is 0 Å². The van der Waals surface area contributed by atoms with E-state index in [1.54, 1.807) is 0 Å². The van der Waals surface area contributed by atoms with Gasteiger partial charge in [-0.05, 0) is 35.1 Å². The van der Waals surface area contributed by atoms with E-state index in [-0.39, 0.29) is 0 Å². The molecule has 0 spiro atoms. The Morgan fingerprint density at radius 2 is 2.18 bits per heavy atom. The zero-order valence-corrected chi connectivity index (χ0v) is 6.02. The smallest absolute Gasteiger partial charge is 0.0359 e. The molecule has 1 aliphatic rings. The SMILES string of the molecule is c1ccc2ccc3c(c2c#1)C3. The predicted octanol–water partition coefficient (Wildman–Crippen LogP) is 2.34. The summed E-state index contributed by atoms with van der Waals surface area (Å²) >= 11 is 0. The second-order valence-electron chi connectivity index (χ2n) is 2.95. The van der Waals surface area contributed by atoms with Crippen LogP contribution in [0.1, 0.15) is 11.1 Å². The standard InChI is InChI=1S/C11H6/c1-2-4-10-8(3-1)5-6-9-7-11(9)10/h1,3,5-6H,7H2. The lowest BCUT2D eigenvalue weighted by Crippen LogP contribution is -1.65. The molecule has 0 aromatic heterocycles. The van der Waals surface area contributed by atoms with Crippen LogP contribution in [-0.4, -0.2) is 0 Å². The van der Waals surface area contributed by atoms with Crippen LogP contribution in [0.2, 0.25) is 0 Å². The molecule has 0 saturated heterocycles. The number of benzene rings is 1. The normalized spacial score (nSPS) is 12.4. The van der Waals surface area contributed by atoms with E-state index in [9.17, 15) is 0 Å². The minimum Gasteiger partial charge on any atom is -0.0696 e. The Labute approximate surface area is 65.5 Å². The summed E-state index contributed by atoms with van der Waals surface area (Å²) in [7, 11) is 0. The van der Waals surface area contributed by atoms with Crippen LogP contribution in [0.4, 0.5) is 0 Å². The van der Waals surface area contributed by atoms with Crippen molar-refractivity contribution in [3.05, 3.63) is 47.5 Å². The lowest BCUT2D eigenvalue weighted by Gasteiger charge is -1.88. The van der Waals surface area contributed by atoms with Crippen molar-refractivity contribution in [3.8, 4) is 0 Å². The van der Waals surface area contributed by atoms with E-state index in [0.717, 1.165) is 6.42 Å². The first kappa shape index (κ1) is 5.21. The maximum absolute atomic E-state index is 3.15. The lowest BCUT2D eigenvalue weighted by molar-refractivity contribution is 1.62. The van der Waals surface area contributed by atoms with E-state index in [4.69, 9.17) is 0 Å². The molecule has 0 saturated carbocycles. The van der Waals surface area contributed by atoms with Gasteiger partial charge in [0.25, 0.3) is 0 Å². The Hall–Kier alpha value is -1.48. The summed E-state index contributed by atoms with van der Waals surface area (Å²) in [6, 6.07) is 14.5. The molecule has 0 bridgehead atoms. The van der Waals surface area contributed by atoms with Crippen LogP contribution in [0.25, 0.3) is 10.8 Å². The van der Waals surface area contributed by atoms with Gasteiger partial charge in [0.15, 0.2) is 0 Å². The highest BCUT2D eigenvalue weighted by Crippen LogP contribution is 2.33. The Balaban J connectivity index is 2.56. The lowest BCUT2D eigenvalue weighted by atomic mass is 10.2. The van der Waals surface area contributed by atoms with Crippen molar-refractivity contribution < 1.29 is 0 Å². The predicted molar refractivity (Wildman–Crippen MR) is 44.4 cm³/mol. The van der Waals surface area contributed by atoms with Crippen LogP contribution in [-0.2, 0) is 6.42 Å². The van der Waals surface area contributed by atoms with Gasteiger partial charge in [0, 0.05) is 5.39 Å². The fourth-order valence-electron chi connectivity index (χ4n) is 1.53. The van der Waals surface area contributed by atoms with Crippen molar-refractivity contribution in [1.29, 1.82) is 0 Å². The summed E-state index contributed by atoms with van der Waals surface area (Å²) in [4.78, 5) is 0. The quantitative estimate of drug-likeness (QED) is 0.447. The van der Waals surface area contributed by atoms with Crippen molar-refractivity contribution in [2.75, 3.05) is 0 Å². The molecule has 0 aliphatic heterocycles. The van der Waals surface area contributed by atoms with E-state index in [1.165, 1.54) is 21.9 Å². The second kappa shape index (κ2) is 1.57. The molecule has 2 aromatic carbocycles. The number of rotatable bonds is 0. The summed E-state index contributed by atoms with van der Waals surface area (Å²) in [5, 5.41) is 2.56. The third kappa shape index (κ3) is 0.602. The Morgan fingerprint density at radius 3 is 3.18 bits per heavy atom. The van der Waals surface area contributed by atoms with E-state index in [2.05, 4.69) is 30.3 Å². The molecule has 0 amide bonds. The minimum absolute atomic E-state index is 1.16. The summed E-state index contributed by atoms with van der Waals surface area (Å²) < 4.78 is 0. The van der Waals surface area contributed by atoms with E-state index >= 15 is 0 Å². The molecule has 0 heterocycles. The average Bonchev–Trinajstić information content (AvgIpc) is 2.83. The molecule has 0 unspecified atom stereocenters. The Bertz CT molecular complexity index is 427. The monoisotopic (exact) mass is 138 g/mol. The largest absolute Gasteiger partial charge is 0.0696 e. The van der Waals surface area contributed by atoms with Gasteiger partial charge in [-0.25, -0.2) is 0 Å². The van der Waals surface area contributed by atoms with Gasteiger partial charge in [-0.1, -0.05) is 24.3 Å². The summed E-state index contributed by atoms with van der Waals surface area (Å²) in [5.41, 5.74) is 2.95. The molecule has 3 rings (SSSR count). The van der Waals surface area contributed by atoms with Gasteiger partial charge in [0.2, 0.25) is 0 Å². The molecular formula is C11H6. The molecule has 2 aromatic rings. The zero-order valence-electron chi connectivity index (χ0n) is 6.02. The fraction of sp³-hybridized carbons (Fsp3) is 0.0909. The molecule has 1 aliphatic carbocycles. The van der Waals surface area contributed by atoms with Crippen LogP contribution in [0, 0.1) is 12.1 Å². The van der Waals surface area contributed by atoms with E-state index in [1.807, 2.05) is 6.07 Å². The summed E-state index contributed by atoms with van der Waals surface area (Å²) in [6.45, 7) is 0. The molecule has 11 heavy (non-hydrogen) atoms. The Kier molecular flexibility index (Phi) is 0.743. The number of hydrogen-bond donors (Lipinski definition) is 0. The van der Waals surface area contributed by atoms with E-state index in [0.29, 0.717) is 0 Å². The van der Waals surface area contributed by atoms with Crippen LogP contribution < -0.4 is 0 Å². The van der Waals surface area contributed by atoms with Gasteiger partial charge in [-0.2, -0.15) is 0 Å². The third-order valence-corrected chi connectivity index (χ3v) is 2.23. The molecule has 0 N–H and O–H groups in total. The summed E-state index contributed by atoms with van der Waals surface area (Å²) in [5.74, 6) is 0. The highest BCUT2D eigenvalue weighted by molar-refractivity contribution is 5.89. The van der Waals surface area contributed by atoms with Gasteiger partial charge < -0.3 is 0 Å². The second-order valence-corrected chi connectivity index (χ2v) is 2.95. The zero-order chi connectivity index (χ0) is 7.26. The molecule has 0 atom stereocenters. The van der Waals surface area contributed by atoms with Gasteiger partial charge in [-0.3, -0.25) is 0 Å². The maximum Gasteiger partial charge on any atom is 0.0359 e. The van der Waals surface area contributed by atoms with Crippen LogP contribution in [0.15, 0.2) is 24.3 Å². The first-order valence-electron chi connectivity index (χ1n) is 3.78. The molecule has 0 nitrogen and oxygen atoms in total. The Morgan fingerprint density at radius 1 is 1.18 bits per heavy atom. The van der Waals surface area contributed by atoms with Crippen molar-refractivity contribution in [1.82, 2.24) is 0 Å². The number of fused-ring (bicyclic) bond motifs is 3. The average molecular weight is 138 g/mol. The maximum atomic E-state index is 3.15. The molecule has 0 heteroatoms. The third-order valence-electron chi connectivity index (χ3n) is 2.23. The van der Waals surface area contributed by atoms with Crippen LogP contribution in [0.3, 0.4) is 0 Å². The molecule has 0 fully saturated rings. The minimum atomic E-state index is 1.16. The van der Waals surface area contributed by atoms with Crippen molar-refractivity contribution in [3.63, 3.8) is 0 Å². The first-order chi connectivity index (χ1) is 5.45. The van der Waals surface area contributed by atoms with Crippen molar-refractivity contribution in [2.24, 2.45) is 0 Å². The van der Waals surface area contributed by atoms with Gasteiger partial charge >= 0.3 is 0 Å². The fourth-order valence-corrected chi connectivity index (χ4v) is 1.53. The first-order valence-corrected chi connectivity index (χ1v) is 3.78. The highest BCUT2D eigenvalue weighted by Gasteiger charge is 2.18. The van der Waals surface area contributed by atoms with Crippen molar-refractivity contribution >= 4 is 10.8 Å². The van der Waals surface area contributed by atoms with Crippen molar-refractivity contribution in [2.45, 2.75) is 6.42 Å². The highest BCUT2D eigenvalue weighted by atomic mass is 14.2. The topological polar surface area (TPSA) is 0 Å². The number of hydrogen-bond acceptors (Lipinski definition) is 0.